The zero-order valence-corrected chi connectivity index (χ0v) is 14.6. The summed E-state index contributed by atoms with van der Waals surface area (Å²) in [5.74, 6) is 0.709. The Morgan fingerprint density at radius 2 is 1.84 bits per heavy atom. The molecule has 2 aliphatic rings. The van der Waals surface area contributed by atoms with Gasteiger partial charge in [-0.3, -0.25) is 0 Å². The van der Waals surface area contributed by atoms with Crippen molar-refractivity contribution in [3.63, 3.8) is 0 Å². The Morgan fingerprint density at radius 3 is 2.68 bits per heavy atom. The summed E-state index contributed by atoms with van der Waals surface area (Å²) in [5.41, 5.74) is 6.67. The molecule has 2 aromatic carbocycles. The molecular formula is C20H28N2O2S. The second-order valence-electron chi connectivity index (χ2n) is 7.17. The molecule has 0 aromatic heterocycles. The van der Waals surface area contributed by atoms with Crippen molar-refractivity contribution in [3.8, 4) is 0 Å². The van der Waals surface area contributed by atoms with Crippen molar-refractivity contribution in [1.82, 2.24) is 4.31 Å². The summed E-state index contributed by atoms with van der Waals surface area (Å²) in [6, 6.07) is 11.1. The van der Waals surface area contributed by atoms with Crippen LogP contribution in [0.15, 0.2) is 41.3 Å². The van der Waals surface area contributed by atoms with Crippen LogP contribution in [0.5, 0.6) is 0 Å². The minimum atomic E-state index is -3.45. The molecule has 1 saturated carbocycles. The van der Waals surface area contributed by atoms with Crippen LogP contribution >= 0.6 is 0 Å². The average Bonchev–Trinajstić information content (AvgIpc) is 2.73. The first-order chi connectivity index (χ1) is 11.6. The van der Waals surface area contributed by atoms with Gasteiger partial charge in [0.1, 0.15) is 0 Å². The van der Waals surface area contributed by atoms with Crippen LogP contribution in [0.3, 0.4) is 0 Å². The molecule has 2 N–H and O–H groups in total. The highest BCUT2D eigenvalue weighted by Gasteiger charge is 2.36. The van der Waals surface area contributed by atoms with Gasteiger partial charge in [0, 0.05) is 23.7 Å². The highest BCUT2D eigenvalue weighted by Crippen LogP contribution is 2.37. The number of hydrogen-bond acceptors (Lipinski definition) is 3. The molecule has 1 heterocycles. The van der Waals surface area contributed by atoms with Gasteiger partial charge < -0.3 is 5.73 Å². The smallest absolute Gasteiger partial charge is 0.243 e. The first kappa shape index (κ1) is 18.2. The fraction of sp³-hybridized carbons (Fsp3) is 0.500. The fourth-order valence-corrected chi connectivity index (χ4v) is 6.14. The zero-order valence-electron chi connectivity index (χ0n) is 13.8. The second-order valence-corrected chi connectivity index (χ2v) is 9.07. The number of benzene rings is 2. The van der Waals surface area contributed by atoms with Crippen molar-refractivity contribution < 1.29 is 8.42 Å². The molecule has 25 heavy (non-hydrogen) atoms. The molecule has 5 heteroatoms. The maximum Gasteiger partial charge on any atom is 0.243 e. The topological polar surface area (TPSA) is 63.4 Å². The fourth-order valence-electron chi connectivity index (χ4n) is 4.40. The standard InChI is InChI=1S/C19H24N2O2S.CH4/c20-19-8-2-6-15-13-17(9-10-18(15)19)24(22,23)21-11-3-5-14-4-1-7-16(21)12-14;/h2,6,8-10,13-14,16H,1,3-5,7,11-12,20H2;1H4. The van der Waals surface area contributed by atoms with Crippen LogP contribution in [0.4, 0.5) is 5.69 Å². The number of rotatable bonds is 2. The van der Waals surface area contributed by atoms with Gasteiger partial charge in [-0.25, -0.2) is 8.42 Å². The molecule has 1 aliphatic carbocycles. The number of nitrogen functional groups attached to an aromatic ring is 1. The van der Waals surface area contributed by atoms with Crippen molar-refractivity contribution in [3.05, 3.63) is 36.4 Å². The second kappa shape index (κ2) is 6.96. The molecular weight excluding hydrogens is 332 g/mol. The number of sulfonamides is 1. The molecule has 4 nitrogen and oxygen atoms in total. The minimum absolute atomic E-state index is 0. The molecule has 0 amide bonds. The molecule has 136 valence electrons. The molecule has 2 unspecified atom stereocenters. The highest BCUT2D eigenvalue weighted by atomic mass is 32.2. The van der Waals surface area contributed by atoms with Crippen LogP contribution in [0.1, 0.15) is 46.0 Å². The van der Waals surface area contributed by atoms with Crippen LogP contribution in [-0.4, -0.2) is 25.3 Å². The van der Waals surface area contributed by atoms with Gasteiger partial charge in [-0.15, -0.1) is 0 Å². The number of nitrogens with zero attached hydrogens (tertiary/aromatic N) is 1. The van der Waals surface area contributed by atoms with Gasteiger partial charge in [0.2, 0.25) is 10.0 Å². The molecule has 2 atom stereocenters. The molecule has 1 aliphatic heterocycles. The van der Waals surface area contributed by atoms with Crippen LogP contribution in [0.25, 0.3) is 10.8 Å². The Balaban J connectivity index is 0.00000182. The van der Waals surface area contributed by atoms with E-state index in [4.69, 9.17) is 5.73 Å². The average molecular weight is 361 g/mol. The monoisotopic (exact) mass is 360 g/mol. The van der Waals surface area contributed by atoms with Gasteiger partial charge in [0.25, 0.3) is 0 Å². The maximum atomic E-state index is 13.3. The van der Waals surface area contributed by atoms with E-state index in [2.05, 4.69) is 0 Å². The van der Waals surface area contributed by atoms with Crippen LogP contribution < -0.4 is 5.73 Å². The normalized spacial score (nSPS) is 24.5. The largest absolute Gasteiger partial charge is 0.398 e. The summed E-state index contributed by atoms with van der Waals surface area (Å²) in [5, 5.41) is 1.79. The molecule has 2 aromatic rings. The van der Waals surface area contributed by atoms with E-state index in [1.165, 1.54) is 6.42 Å². The lowest BCUT2D eigenvalue weighted by molar-refractivity contribution is 0.238. The predicted molar refractivity (Wildman–Crippen MR) is 104 cm³/mol. The SMILES string of the molecule is C.Nc1cccc2cc(S(=O)(=O)N3CCCC4CCCC3C4)ccc12. The summed E-state index contributed by atoms with van der Waals surface area (Å²) >= 11 is 0. The molecule has 1 saturated heterocycles. The van der Waals surface area contributed by atoms with E-state index in [1.807, 2.05) is 24.3 Å². The summed E-state index contributed by atoms with van der Waals surface area (Å²) in [6.07, 6.45) is 6.57. The number of anilines is 1. The maximum absolute atomic E-state index is 13.3. The van der Waals surface area contributed by atoms with Gasteiger partial charge in [-0.05, 0) is 55.2 Å². The molecule has 0 radical (unpaired) electrons. The Hall–Kier alpha value is -1.59. The van der Waals surface area contributed by atoms with Crippen LogP contribution in [-0.2, 0) is 10.0 Å². The third-order valence-corrected chi connectivity index (χ3v) is 7.59. The van der Waals surface area contributed by atoms with Gasteiger partial charge in [0.05, 0.1) is 4.90 Å². The molecule has 4 rings (SSSR count). The van der Waals surface area contributed by atoms with E-state index in [9.17, 15) is 8.42 Å². The first-order valence-corrected chi connectivity index (χ1v) is 10.3. The summed E-state index contributed by atoms with van der Waals surface area (Å²) in [7, 11) is -3.45. The Bertz CT molecular complexity index is 863. The van der Waals surface area contributed by atoms with E-state index < -0.39 is 10.0 Å². The highest BCUT2D eigenvalue weighted by molar-refractivity contribution is 7.89. The van der Waals surface area contributed by atoms with E-state index in [0.717, 1.165) is 42.9 Å². The van der Waals surface area contributed by atoms with Gasteiger partial charge in [-0.2, -0.15) is 4.31 Å². The number of hydrogen-bond donors (Lipinski definition) is 1. The van der Waals surface area contributed by atoms with Crippen LogP contribution in [0, 0.1) is 5.92 Å². The summed E-state index contributed by atoms with van der Waals surface area (Å²) in [6.45, 7) is 0.651. The molecule has 2 bridgehead atoms. The van der Waals surface area contributed by atoms with Crippen molar-refractivity contribution in [2.45, 2.75) is 56.9 Å². The summed E-state index contributed by atoms with van der Waals surface area (Å²) in [4.78, 5) is 0.393. The zero-order chi connectivity index (χ0) is 16.7. The van der Waals surface area contributed by atoms with Gasteiger partial charge in [-0.1, -0.05) is 38.5 Å². The summed E-state index contributed by atoms with van der Waals surface area (Å²) < 4.78 is 28.3. The van der Waals surface area contributed by atoms with E-state index in [0.29, 0.717) is 23.0 Å². The number of nitrogens with two attached hydrogens (primary N) is 1. The Morgan fingerprint density at radius 1 is 1.04 bits per heavy atom. The quantitative estimate of drug-likeness (QED) is 0.807. The van der Waals surface area contributed by atoms with Crippen molar-refractivity contribution in [1.29, 1.82) is 0 Å². The number of fused-ring (bicyclic) bond motifs is 3. The predicted octanol–water partition coefficient (Wildman–Crippen LogP) is 4.40. The van der Waals surface area contributed by atoms with Gasteiger partial charge >= 0.3 is 0 Å². The van der Waals surface area contributed by atoms with Gasteiger partial charge in [0.15, 0.2) is 0 Å². The lowest BCUT2D eigenvalue weighted by Gasteiger charge is -2.33. The van der Waals surface area contributed by atoms with Crippen molar-refractivity contribution >= 4 is 26.5 Å². The minimum Gasteiger partial charge on any atom is -0.398 e. The molecule has 0 spiro atoms. The third kappa shape index (κ3) is 3.27. The van der Waals surface area contributed by atoms with Crippen molar-refractivity contribution in [2.24, 2.45) is 5.92 Å². The first-order valence-electron chi connectivity index (χ1n) is 8.86. The Kier molecular flexibility index (Phi) is 5.07. The van der Waals surface area contributed by atoms with E-state index in [-0.39, 0.29) is 13.5 Å². The lowest BCUT2D eigenvalue weighted by atomic mass is 9.84. The molecule has 2 fully saturated rings. The van der Waals surface area contributed by atoms with Crippen molar-refractivity contribution in [2.75, 3.05) is 12.3 Å². The van der Waals surface area contributed by atoms with Crippen LogP contribution in [0.2, 0.25) is 0 Å². The third-order valence-electron chi connectivity index (χ3n) is 5.65. The van der Waals surface area contributed by atoms with E-state index >= 15 is 0 Å². The Labute approximate surface area is 151 Å². The lowest BCUT2D eigenvalue weighted by Crippen LogP contribution is -2.41. The van der Waals surface area contributed by atoms with E-state index in [1.54, 1.807) is 16.4 Å².